The van der Waals surface area contributed by atoms with Gasteiger partial charge in [0.2, 0.25) is 5.95 Å². The lowest BCUT2D eigenvalue weighted by atomic mass is 10.0. The van der Waals surface area contributed by atoms with Gasteiger partial charge in [-0.1, -0.05) is 24.3 Å². The molecule has 2 heterocycles. The highest BCUT2D eigenvalue weighted by atomic mass is 32.2. The van der Waals surface area contributed by atoms with Gasteiger partial charge in [0.05, 0.1) is 21.8 Å². The Morgan fingerprint density at radius 1 is 0.975 bits per heavy atom. The van der Waals surface area contributed by atoms with Crippen LogP contribution in [-0.2, 0) is 28.2 Å². The Balaban J connectivity index is 1.55. The van der Waals surface area contributed by atoms with Crippen LogP contribution in [0.3, 0.4) is 0 Å². The first-order chi connectivity index (χ1) is 18.6. The number of sulfone groups is 1. The van der Waals surface area contributed by atoms with Gasteiger partial charge in [0, 0.05) is 50.2 Å². The summed E-state index contributed by atoms with van der Waals surface area (Å²) in [7, 11) is -1.38. The molecule has 1 aromatic heterocycles. The number of piperazine rings is 1. The summed E-state index contributed by atoms with van der Waals surface area (Å²) in [5, 5.41) is 2.94. The highest BCUT2D eigenvalue weighted by Gasteiger charge is 2.36. The lowest BCUT2D eigenvalue weighted by Gasteiger charge is -2.35. The van der Waals surface area contributed by atoms with Crippen molar-refractivity contribution in [2.24, 2.45) is 0 Å². The molecule has 1 saturated heterocycles. The molecule has 0 aliphatic carbocycles. The molecule has 11 heteroatoms. The number of anilines is 3. The summed E-state index contributed by atoms with van der Waals surface area (Å²) in [5.41, 5.74) is 2.80. The number of hydrogen-bond donors (Lipinski definition) is 1. The molecule has 2 aromatic carbocycles. The van der Waals surface area contributed by atoms with Crippen molar-refractivity contribution in [3.63, 3.8) is 0 Å². The molecule has 1 aliphatic heterocycles. The molecule has 0 radical (unpaired) electrons. The van der Waals surface area contributed by atoms with E-state index in [-0.39, 0.29) is 23.1 Å². The monoisotopic (exact) mass is 575 g/mol. The molecule has 40 heavy (non-hydrogen) atoms. The van der Waals surface area contributed by atoms with Crippen molar-refractivity contribution in [1.82, 2.24) is 14.9 Å². The molecule has 216 valence electrons. The zero-order valence-electron chi connectivity index (χ0n) is 23.5. The minimum absolute atomic E-state index is 0.0639. The minimum Gasteiger partial charge on any atom is -0.368 e. The lowest BCUT2D eigenvalue weighted by Crippen LogP contribution is -2.45. The predicted octanol–water partition coefficient (Wildman–Crippen LogP) is 5.60. The number of rotatable bonds is 7. The standard InChI is InChI=1S/C29H36F3N5O2S/c1-20-18-33-27(35-25(20)16-21-7-6-8-22(15-21)19-40(38,39)28(2,3)4)34-23-9-10-26(24(17-23)29(30,31)32)37-13-11-36(5)12-14-37/h6-10,15,17-18H,11-14,16,19H2,1-5H3,(H,33,34,35). The van der Waals surface area contributed by atoms with E-state index in [0.29, 0.717) is 43.9 Å². The largest absolute Gasteiger partial charge is 0.418 e. The molecule has 0 spiro atoms. The van der Waals surface area contributed by atoms with E-state index >= 15 is 0 Å². The van der Waals surface area contributed by atoms with Gasteiger partial charge < -0.3 is 15.1 Å². The fourth-order valence-corrected chi connectivity index (χ4v) is 5.52. The third-order valence-corrected chi connectivity index (χ3v) is 9.71. The number of alkyl halides is 3. The lowest BCUT2D eigenvalue weighted by molar-refractivity contribution is -0.137. The molecule has 0 unspecified atom stereocenters. The molecule has 0 saturated carbocycles. The van der Waals surface area contributed by atoms with E-state index < -0.39 is 26.3 Å². The van der Waals surface area contributed by atoms with Gasteiger partial charge in [-0.3, -0.25) is 0 Å². The van der Waals surface area contributed by atoms with Crippen molar-refractivity contribution >= 4 is 27.2 Å². The van der Waals surface area contributed by atoms with E-state index in [4.69, 9.17) is 0 Å². The molecule has 0 atom stereocenters. The van der Waals surface area contributed by atoms with Gasteiger partial charge in [0.25, 0.3) is 0 Å². The van der Waals surface area contributed by atoms with Gasteiger partial charge in [-0.25, -0.2) is 18.4 Å². The third kappa shape index (κ3) is 7.11. The first-order valence-corrected chi connectivity index (χ1v) is 14.8. The smallest absolute Gasteiger partial charge is 0.368 e. The number of benzene rings is 2. The van der Waals surface area contributed by atoms with Crippen LogP contribution in [0.5, 0.6) is 0 Å². The summed E-state index contributed by atoms with van der Waals surface area (Å²) in [6.07, 6.45) is -2.47. The van der Waals surface area contributed by atoms with Crippen molar-refractivity contribution in [2.45, 2.75) is 50.8 Å². The van der Waals surface area contributed by atoms with Gasteiger partial charge in [-0.05, 0) is 69.6 Å². The first kappa shape index (κ1) is 29.8. The Hall–Kier alpha value is -3.18. The first-order valence-electron chi connectivity index (χ1n) is 13.2. The van der Waals surface area contributed by atoms with E-state index in [0.717, 1.165) is 17.2 Å². The summed E-state index contributed by atoms with van der Waals surface area (Å²) in [6.45, 7) is 9.37. The van der Waals surface area contributed by atoms with E-state index in [2.05, 4.69) is 20.2 Å². The van der Waals surface area contributed by atoms with Crippen molar-refractivity contribution in [3.05, 3.63) is 76.6 Å². The minimum atomic E-state index is -4.51. The van der Waals surface area contributed by atoms with Crippen LogP contribution in [0.2, 0.25) is 0 Å². The Morgan fingerprint density at radius 3 is 2.30 bits per heavy atom. The molecule has 1 N–H and O–H groups in total. The third-order valence-electron chi connectivity index (χ3n) is 7.13. The van der Waals surface area contributed by atoms with Gasteiger partial charge >= 0.3 is 6.18 Å². The normalized spacial score (nSPS) is 15.3. The molecule has 0 bridgehead atoms. The van der Waals surface area contributed by atoms with Crippen LogP contribution in [0.4, 0.5) is 30.5 Å². The second-order valence-electron chi connectivity index (χ2n) is 11.3. The molecule has 3 aromatic rings. The van der Waals surface area contributed by atoms with Crippen molar-refractivity contribution in [3.8, 4) is 0 Å². The molecule has 4 rings (SSSR count). The Labute approximate surface area is 234 Å². The molecular formula is C29H36F3N5O2S. The van der Waals surface area contributed by atoms with Gasteiger partial charge in [0.15, 0.2) is 9.84 Å². The summed E-state index contributed by atoms with van der Waals surface area (Å²) in [5.74, 6) is 0.124. The number of likely N-dealkylation sites (N-methyl/N-ethyl adjacent to an activating group) is 1. The average Bonchev–Trinajstić information content (AvgIpc) is 2.85. The van der Waals surface area contributed by atoms with E-state index in [1.165, 1.54) is 6.07 Å². The molecule has 0 amide bonds. The Morgan fingerprint density at radius 2 is 1.65 bits per heavy atom. The van der Waals surface area contributed by atoms with Crippen molar-refractivity contribution < 1.29 is 21.6 Å². The number of aromatic nitrogens is 2. The summed E-state index contributed by atoms with van der Waals surface area (Å²) >= 11 is 0. The number of aryl methyl sites for hydroxylation is 1. The summed E-state index contributed by atoms with van der Waals surface area (Å²) < 4.78 is 66.6. The van der Waals surface area contributed by atoms with Gasteiger partial charge in [0.1, 0.15) is 0 Å². The van der Waals surface area contributed by atoms with Gasteiger partial charge in [-0.2, -0.15) is 13.2 Å². The second-order valence-corrected chi connectivity index (χ2v) is 14.1. The fraction of sp³-hybridized carbons (Fsp3) is 0.448. The van der Waals surface area contributed by atoms with Crippen molar-refractivity contribution in [1.29, 1.82) is 0 Å². The zero-order valence-corrected chi connectivity index (χ0v) is 24.3. The average molecular weight is 576 g/mol. The van der Waals surface area contributed by atoms with E-state index in [9.17, 15) is 21.6 Å². The highest BCUT2D eigenvalue weighted by molar-refractivity contribution is 7.91. The van der Waals surface area contributed by atoms with E-state index in [1.54, 1.807) is 44.0 Å². The van der Waals surface area contributed by atoms with Gasteiger partial charge in [-0.15, -0.1) is 0 Å². The topological polar surface area (TPSA) is 78.4 Å². The number of nitrogens with zero attached hydrogens (tertiary/aromatic N) is 4. The molecule has 7 nitrogen and oxygen atoms in total. The van der Waals surface area contributed by atoms with Crippen LogP contribution in [0.25, 0.3) is 0 Å². The van der Waals surface area contributed by atoms with Crippen LogP contribution in [0, 0.1) is 6.92 Å². The maximum absolute atomic E-state index is 14.0. The predicted molar refractivity (Wildman–Crippen MR) is 153 cm³/mol. The van der Waals surface area contributed by atoms with Crippen LogP contribution in [-0.4, -0.2) is 61.3 Å². The SMILES string of the molecule is Cc1cnc(Nc2ccc(N3CCN(C)CC3)c(C(F)(F)F)c2)nc1Cc1cccc(CS(=O)(=O)C(C)(C)C)c1. The van der Waals surface area contributed by atoms with E-state index in [1.807, 2.05) is 32.2 Å². The fourth-order valence-electron chi connectivity index (χ4n) is 4.47. The van der Waals surface area contributed by atoms with Crippen molar-refractivity contribution in [2.75, 3.05) is 43.4 Å². The highest BCUT2D eigenvalue weighted by Crippen LogP contribution is 2.39. The summed E-state index contributed by atoms with van der Waals surface area (Å²) in [6, 6.07) is 11.6. The van der Waals surface area contributed by atoms with Crippen LogP contribution < -0.4 is 10.2 Å². The van der Waals surface area contributed by atoms with Crippen LogP contribution in [0.15, 0.2) is 48.7 Å². The molecule has 1 fully saturated rings. The Bertz CT molecular complexity index is 1460. The molecular weight excluding hydrogens is 539 g/mol. The maximum atomic E-state index is 14.0. The summed E-state index contributed by atoms with van der Waals surface area (Å²) in [4.78, 5) is 12.7. The number of hydrogen-bond acceptors (Lipinski definition) is 7. The Kier molecular flexibility index (Phi) is 8.46. The number of nitrogens with one attached hydrogen (secondary N) is 1. The van der Waals surface area contributed by atoms with Crippen LogP contribution >= 0.6 is 0 Å². The van der Waals surface area contributed by atoms with Crippen LogP contribution in [0.1, 0.15) is 48.7 Å². The maximum Gasteiger partial charge on any atom is 0.418 e. The molecule has 1 aliphatic rings. The zero-order chi connectivity index (χ0) is 29.3. The number of halogens is 3. The second kappa shape index (κ2) is 11.4. The quantitative estimate of drug-likeness (QED) is 0.393.